The van der Waals surface area contributed by atoms with E-state index in [9.17, 15) is 14.4 Å². The number of hydrogen-bond acceptors (Lipinski definition) is 5. The van der Waals surface area contributed by atoms with Gasteiger partial charge in [-0.15, -0.1) is 0 Å². The highest BCUT2D eigenvalue weighted by Gasteiger charge is 1.93. The van der Waals surface area contributed by atoms with Gasteiger partial charge >= 0.3 is 17.4 Å². The maximum Gasteiger partial charge on any atom is 0.403 e. The molecule has 6 heteroatoms. The van der Waals surface area contributed by atoms with Crippen LogP contribution in [0.25, 0.3) is 0 Å². The second-order valence-corrected chi connectivity index (χ2v) is 2.06. The lowest BCUT2D eigenvalue weighted by Crippen LogP contribution is -2.03. The molecule has 0 aliphatic heterocycles. The van der Waals surface area contributed by atoms with Gasteiger partial charge in [0.15, 0.2) is 0 Å². The molecule has 0 radical (unpaired) electrons. The van der Waals surface area contributed by atoms with Gasteiger partial charge in [0, 0.05) is 25.4 Å². The third-order valence-corrected chi connectivity index (χ3v) is 0.654. The minimum atomic E-state index is -0.738. The summed E-state index contributed by atoms with van der Waals surface area (Å²) in [6, 6.07) is 0. The molecule has 0 aliphatic carbocycles. The zero-order valence-corrected chi connectivity index (χ0v) is 8.38. The molecular weight excluding hydrogens is 200 g/mol. The van der Waals surface area contributed by atoms with Gasteiger partial charge in [0.05, 0.1) is 6.61 Å². The highest BCUT2D eigenvalue weighted by molar-refractivity contribution is 6.61. The fourth-order valence-electron chi connectivity index (χ4n) is 0.316. The highest BCUT2D eigenvalue weighted by atomic mass is 35.5. The second kappa shape index (κ2) is 8.99. The van der Waals surface area contributed by atoms with Gasteiger partial charge in [-0.25, -0.2) is 4.79 Å². The van der Waals surface area contributed by atoms with Gasteiger partial charge in [0.1, 0.15) is 0 Å². The predicted molar refractivity (Wildman–Crippen MR) is 45.3 cm³/mol. The molecule has 0 N–H and O–H groups in total. The molecule has 5 nitrogen and oxygen atoms in total. The monoisotopic (exact) mass is 210 g/mol. The number of carbonyl (C=O) groups excluding carboxylic acids is 3. The lowest BCUT2D eigenvalue weighted by atomic mass is 10.7. The molecule has 13 heavy (non-hydrogen) atoms. The van der Waals surface area contributed by atoms with Gasteiger partial charge < -0.3 is 9.47 Å². The summed E-state index contributed by atoms with van der Waals surface area (Å²) in [4.78, 5) is 29.2. The van der Waals surface area contributed by atoms with Crippen molar-refractivity contribution in [1.82, 2.24) is 0 Å². The summed E-state index contributed by atoms with van der Waals surface area (Å²) in [7, 11) is 0. The summed E-state index contributed by atoms with van der Waals surface area (Å²) in [6.07, 6.45) is 0. The molecular formula is C7H11ClO5. The molecule has 0 heterocycles. The summed E-state index contributed by atoms with van der Waals surface area (Å²) < 4.78 is 8.14. The molecule has 0 atom stereocenters. The first-order valence-electron chi connectivity index (χ1n) is 3.41. The maximum absolute atomic E-state index is 9.81. The second-order valence-electron chi connectivity index (χ2n) is 1.76. The summed E-state index contributed by atoms with van der Waals surface area (Å²) in [5.41, 5.74) is -0.738. The minimum absolute atomic E-state index is 0.350. The van der Waals surface area contributed by atoms with Crippen LogP contribution in [0.2, 0.25) is 0 Å². The Hall–Kier alpha value is -1.10. The largest absolute Gasteiger partial charge is 0.454 e. The first-order valence-corrected chi connectivity index (χ1v) is 3.79. The van der Waals surface area contributed by atoms with Crippen molar-refractivity contribution in [2.24, 2.45) is 0 Å². The lowest BCUT2D eigenvalue weighted by Gasteiger charge is -1.87. The first-order chi connectivity index (χ1) is 5.90. The molecule has 0 aliphatic rings. The van der Waals surface area contributed by atoms with Gasteiger partial charge in [-0.2, -0.15) is 0 Å². The standard InChI is InChI=1S/C4H6O3.C3H5ClO2/c1-3(5)7-4(2)6;1-2-6-3(4)5/h1-2H3;2H2,1H3. The van der Waals surface area contributed by atoms with Gasteiger partial charge in [0.2, 0.25) is 0 Å². The summed E-state index contributed by atoms with van der Waals surface area (Å²) in [5.74, 6) is -1.12. The van der Waals surface area contributed by atoms with Crippen molar-refractivity contribution in [3.63, 3.8) is 0 Å². The summed E-state index contributed by atoms with van der Waals surface area (Å²) in [6.45, 7) is 4.41. The number of halogens is 1. The van der Waals surface area contributed by atoms with Crippen LogP contribution >= 0.6 is 11.6 Å². The molecule has 0 aromatic heterocycles. The van der Waals surface area contributed by atoms with E-state index >= 15 is 0 Å². The van der Waals surface area contributed by atoms with E-state index in [-0.39, 0.29) is 0 Å². The quantitative estimate of drug-likeness (QED) is 0.372. The average molecular weight is 211 g/mol. The topological polar surface area (TPSA) is 69.7 Å². The van der Waals surface area contributed by atoms with Crippen molar-refractivity contribution in [2.45, 2.75) is 20.8 Å². The van der Waals surface area contributed by atoms with E-state index in [4.69, 9.17) is 11.6 Å². The number of carbonyl (C=O) groups is 3. The Balaban J connectivity index is 0. The van der Waals surface area contributed by atoms with Crippen LogP contribution in [0.1, 0.15) is 20.8 Å². The molecule has 0 bridgehead atoms. The summed E-state index contributed by atoms with van der Waals surface area (Å²) in [5, 5.41) is 0. The molecule has 0 saturated carbocycles. The molecule has 0 fully saturated rings. The Bertz CT molecular complexity index is 177. The molecule has 76 valence electrons. The fraction of sp³-hybridized carbons (Fsp3) is 0.571. The van der Waals surface area contributed by atoms with Crippen molar-refractivity contribution in [1.29, 1.82) is 0 Å². The van der Waals surface area contributed by atoms with E-state index in [0.717, 1.165) is 0 Å². The minimum Gasteiger partial charge on any atom is -0.454 e. The first kappa shape index (κ1) is 14.4. The zero-order valence-electron chi connectivity index (χ0n) is 7.63. The maximum atomic E-state index is 9.81. The van der Waals surface area contributed by atoms with Crippen LogP contribution in [0.4, 0.5) is 4.79 Å². The highest BCUT2D eigenvalue weighted by Crippen LogP contribution is 1.82. The van der Waals surface area contributed by atoms with Crippen LogP contribution < -0.4 is 0 Å². The predicted octanol–water partition coefficient (Wildman–Crippen LogP) is 1.48. The number of esters is 2. The van der Waals surface area contributed by atoms with E-state index < -0.39 is 17.4 Å². The van der Waals surface area contributed by atoms with Crippen molar-refractivity contribution < 1.29 is 23.9 Å². The van der Waals surface area contributed by atoms with E-state index in [0.29, 0.717) is 6.61 Å². The molecule has 0 rings (SSSR count). The summed E-state index contributed by atoms with van der Waals surface area (Å²) >= 11 is 4.72. The molecule has 0 saturated heterocycles. The van der Waals surface area contributed by atoms with Gasteiger partial charge in [-0.1, -0.05) is 0 Å². The molecule has 0 aromatic carbocycles. The van der Waals surface area contributed by atoms with E-state index in [1.807, 2.05) is 0 Å². The van der Waals surface area contributed by atoms with Crippen molar-refractivity contribution in [3.8, 4) is 0 Å². The van der Waals surface area contributed by atoms with Crippen molar-refractivity contribution >= 4 is 29.0 Å². The van der Waals surface area contributed by atoms with Crippen molar-refractivity contribution in [2.75, 3.05) is 6.61 Å². The average Bonchev–Trinajstić information content (AvgIpc) is 1.83. The Morgan fingerprint density at radius 2 is 1.54 bits per heavy atom. The zero-order chi connectivity index (χ0) is 10.9. The van der Waals surface area contributed by atoms with Crippen LogP contribution in [-0.2, 0) is 19.1 Å². The Kier molecular flexibility index (Phi) is 9.98. The van der Waals surface area contributed by atoms with Gasteiger partial charge in [0.25, 0.3) is 0 Å². The Labute approximate surface area is 80.9 Å². The van der Waals surface area contributed by atoms with Crippen LogP contribution in [0.3, 0.4) is 0 Å². The fourth-order valence-corrected chi connectivity index (χ4v) is 0.425. The smallest absolute Gasteiger partial charge is 0.403 e. The van der Waals surface area contributed by atoms with E-state index in [2.05, 4.69) is 9.47 Å². The van der Waals surface area contributed by atoms with Crippen LogP contribution in [-0.4, -0.2) is 24.0 Å². The lowest BCUT2D eigenvalue weighted by molar-refractivity contribution is -0.156. The molecule has 0 aromatic rings. The Morgan fingerprint density at radius 3 is 1.54 bits per heavy atom. The molecule has 0 spiro atoms. The van der Waals surface area contributed by atoms with Crippen LogP contribution in [0.15, 0.2) is 0 Å². The van der Waals surface area contributed by atoms with Gasteiger partial charge in [-0.3, -0.25) is 9.59 Å². The number of hydrogen-bond donors (Lipinski definition) is 0. The normalized spacial score (nSPS) is 7.69. The van der Waals surface area contributed by atoms with Crippen LogP contribution in [0.5, 0.6) is 0 Å². The molecule has 0 amide bonds. The Morgan fingerprint density at radius 1 is 1.15 bits per heavy atom. The van der Waals surface area contributed by atoms with Crippen LogP contribution in [0, 0.1) is 0 Å². The van der Waals surface area contributed by atoms with E-state index in [1.54, 1.807) is 6.92 Å². The van der Waals surface area contributed by atoms with Gasteiger partial charge in [-0.05, 0) is 6.92 Å². The van der Waals surface area contributed by atoms with E-state index in [1.165, 1.54) is 13.8 Å². The molecule has 0 unspecified atom stereocenters. The SMILES string of the molecule is CC(=O)OC(C)=O.CCOC(=O)Cl. The number of rotatable bonds is 1. The third kappa shape index (κ3) is 24.8. The third-order valence-electron chi connectivity index (χ3n) is 0.545. The van der Waals surface area contributed by atoms with Crippen molar-refractivity contribution in [3.05, 3.63) is 0 Å². The number of ether oxygens (including phenoxy) is 2.